The maximum absolute atomic E-state index is 13.3. The van der Waals surface area contributed by atoms with Crippen molar-refractivity contribution < 1.29 is 4.90 Å². The zero-order chi connectivity index (χ0) is 21.4. The first-order chi connectivity index (χ1) is 15.1. The van der Waals surface area contributed by atoms with Crippen molar-refractivity contribution in [1.82, 2.24) is 25.2 Å². The van der Waals surface area contributed by atoms with Gasteiger partial charge in [0.25, 0.3) is 5.56 Å². The molecule has 2 aromatic heterocycles. The summed E-state index contributed by atoms with van der Waals surface area (Å²) in [6.45, 7) is 6.71. The Morgan fingerprint density at radius 3 is 2.65 bits per heavy atom. The van der Waals surface area contributed by atoms with Gasteiger partial charge in [0.2, 0.25) is 5.82 Å². The highest BCUT2D eigenvalue weighted by molar-refractivity contribution is 5.83. The van der Waals surface area contributed by atoms with Crippen molar-refractivity contribution in [2.75, 3.05) is 13.1 Å². The fourth-order valence-corrected chi connectivity index (χ4v) is 4.70. The van der Waals surface area contributed by atoms with Gasteiger partial charge in [-0.2, -0.15) is 0 Å². The van der Waals surface area contributed by atoms with Gasteiger partial charge in [-0.15, -0.1) is 5.10 Å². The maximum Gasteiger partial charge on any atom is 0.258 e. The number of tetrazole rings is 1. The van der Waals surface area contributed by atoms with Gasteiger partial charge in [0.15, 0.2) is 6.04 Å². The van der Waals surface area contributed by atoms with Crippen LogP contribution >= 0.6 is 0 Å². The molecule has 0 unspecified atom stereocenters. The second-order valence-electron chi connectivity index (χ2n) is 8.50. The summed E-state index contributed by atoms with van der Waals surface area (Å²) in [5.74, 6) is 0.745. The van der Waals surface area contributed by atoms with E-state index in [0.717, 1.165) is 59.3 Å². The molecule has 31 heavy (non-hydrogen) atoms. The molecule has 158 valence electrons. The lowest BCUT2D eigenvalue weighted by molar-refractivity contribution is -0.914. The highest BCUT2D eigenvalue weighted by Gasteiger charge is 2.35. The third-order valence-corrected chi connectivity index (χ3v) is 6.54. The Labute approximate surface area is 180 Å². The number of hydrogen-bond donors (Lipinski definition) is 2. The topological polar surface area (TPSA) is 80.9 Å². The number of H-pyrrole nitrogens is 1. The van der Waals surface area contributed by atoms with E-state index >= 15 is 0 Å². The third kappa shape index (κ3) is 3.65. The Balaban J connectivity index is 1.64. The molecule has 1 aliphatic heterocycles. The fourth-order valence-electron chi connectivity index (χ4n) is 4.70. The summed E-state index contributed by atoms with van der Waals surface area (Å²) in [7, 11) is 0. The Bertz CT molecular complexity index is 1270. The molecular weight excluding hydrogens is 388 g/mol. The molecular formula is C24H27N6O+. The molecule has 2 N–H and O–H groups in total. The highest BCUT2D eigenvalue weighted by atomic mass is 16.1. The first kappa shape index (κ1) is 19.6. The van der Waals surface area contributed by atoms with Gasteiger partial charge in [-0.3, -0.25) is 4.79 Å². The predicted molar refractivity (Wildman–Crippen MR) is 119 cm³/mol. The van der Waals surface area contributed by atoms with Gasteiger partial charge in [-0.1, -0.05) is 42.5 Å². The molecule has 0 saturated carbocycles. The summed E-state index contributed by atoms with van der Waals surface area (Å²) in [6, 6.07) is 16.2. The monoisotopic (exact) mass is 415 g/mol. The summed E-state index contributed by atoms with van der Waals surface area (Å²) in [4.78, 5) is 17.8. The van der Waals surface area contributed by atoms with Gasteiger partial charge in [-0.05, 0) is 52.4 Å². The van der Waals surface area contributed by atoms with Crippen LogP contribution in [0.15, 0.2) is 53.3 Å². The molecule has 7 nitrogen and oxygen atoms in total. The Kier molecular flexibility index (Phi) is 5.11. The first-order valence-electron chi connectivity index (χ1n) is 10.9. The number of rotatable bonds is 5. The highest BCUT2D eigenvalue weighted by Crippen LogP contribution is 2.23. The van der Waals surface area contributed by atoms with Gasteiger partial charge in [0.05, 0.1) is 30.7 Å². The molecule has 2 aromatic carbocycles. The summed E-state index contributed by atoms with van der Waals surface area (Å²) >= 11 is 0. The van der Waals surface area contributed by atoms with Crippen molar-refractivity contribution in [3.63, 3.8) is 0 Å². The molecule has 0 radical (unpaired) electrons. The Morgan fingerprint density at radius 2 is 1.87 bits per heavy atom. The summed E-state index contributed by atoms with van der Waals surface area (Å²) in [5.41, 5.74) is 5.00. The van der Waals surface area contributed by atoms with Crippen LogP contribution < -0.4 is 10.5 Å². The predicted octanol–water partition coefficient (Wildman–Crippen LogP) is 1.95. The number of nitrogens with zero attached hydrogens (tertiary/aromatic N) is 4. The van der Waals surface area contributed by atoms with Crippen LogP contribution in [0, 0.1) is 13.8 Å². The molecule has 0 aliphatic carbocycles. The lowest BCUT2D eigenvalue weighted by atomic mass is 10.0. The maximum atomic E-state index is 13.3. The van der Waals surface area contributed by atoms with Gasteiger partial charge < -0.3 is 9.88 Å². The standard InChI is InChI=1S/C24H26N6O/c1-16-10-11-19-14-20(24(31)25-21(19)17(16)2)22(29-12-6-7-13-29)23-26-27-28-30(23)15-18-8-4-3-5-9-18/h3-5,8-11,14,22H,6-7,12-13,15H2,1-2H3,(H,25,31)/p+1/t22-/m0/s1. The smallest absolute Gasteiger partial charge is 0.258 e. The van der Waals surface area contributed by atoms with E-state index in [2.05, 4.69) is 58.6 Å². The lowest BCUT2D eigenvalue weighted by Gasteiger charge is -2.24. The number of aryl methyl sites for hydroxylation is 2. The van der Waals surface area contributed by atoms with E-state index in [4.69, 9.17) is 0 Å². The van der Waals surface area contributed by atoms with Crippen molar-refractivity contribution in [2.24, 2.45) is 0 Å². The van der Waals surface area contributed by atoms with Crippen LogP contribution in [0.3, 0.4) is 0 Å². The van der Waals surface area contributed by atoms with Gasteiger partial charge in [-0.25, -0.2) is 4.68 Å². The van der Waals surface area contributed by atoms with Crippen molar-refractivity contribution in [2.45, 2.75) is 39.3 Å². The Morgan fingerprint density at radius 1 is 1.10 bits per heavy atom. The molecule has 4 aromatic rings. The Hall–Kier alpha value is -3.32. The van der Waals surface area contributed by atoms with Crippen molar-refractivity contribution in [3.8, 4) is 0 Å². The van der Waals surface area contributed by atoms with E-state index in [9.17, 15) is 4.79 Å². The van der Waals surface area contributed by atoms with Crippen molar-refractivity contribution >= 4 is 10.9 Å². The van der Waals surface area contributed by atoms with Gasteiger partial charge in [0.1, 0.15) is 0 Å². The summed E-state index contributed by atoms with van der Waals surface area (Å²) in [5, 5.41) is 13.7. The minimum atomic E-state index is -0.198. The molecule has 0 bridgehead atoms. The largest absolute Gasteiger partial charge is 0.322 e. The van der Waals surface area contributed by atoms with E-state index in [0.29, 0.717) is 6.54 Å². The van der Waals surface area contributed by atoms with E-state index in [1.54, 1.807) is 0 Å². The zero-order valence-electron chi connectivity index (χ0n) is 17.9. The van der Waals surface area contributed by atoms with E-state index in [-0.39, 0.29) is 11.6 Å². The number of likely N-dealkylation sites (tertiary alicyclic amines) is 1. The normalized spacial score (nSPS) is 15.5. The number of benzene rings is 2. The summed E-state index contributed by atoms with van der Waals surface area (Å²) < 4.78 is 1.84. The average Bonchev–Trinajstić information content (AvgIpc) is 3.46. The van der Waals surface area contributed by atoms with Crippen LogP contribution in [0.2, 0.25) is 0 Å². The number of aromatic amines is 1. The number of nitrogens with one attached hydrogen (secondary N) is 2. The van der Waals surface area contributed by atoms with E-state index in [1.807, 2.05) is 28.9 Å². The first-order valence-corrected chi connectivity index (χ1v) is 10.9. The van der Waals surface area contributed by atoms with Crippen LogP contribution in [0.25, 0.3) is 10.9 Å². The lowest BCUT2D eigenvalue weighted by Crippen LogP contribution is -3.10. The van der Waals surface area contributed by atoms with Crippen molar-refractivity contribution in [3.05, 3.63) is 87.0 Å². The molecule has 5 rings (SSSR count). The van der Waals surface area contributed by atoms with Crippen LogP contribution in [0.4, 0.5) is 0 Å². The van der Waals surface area contributed by atoms with E-state index in [1.165, 1.54) is 10.5 Å². The number of aromatic nitrogens is 5. The second kappa shape index (κ2) is 8.07. The van der Waals surface area contributed by atoms with Crippen molar-refractivity contribution in [1.29, 1.82) is 0 Å². The van der Waals surface area contributed by atoms with Crippen LogP contribution in [0.5, 0.6) is 0 Å². The quantitative estimate of drug-likeness (QED) is 0.522. The van der Waals surface area contributed by atoms with Crippen LogP contribution in [-0.4, -0.2) is 38.3 Å². The molecule has 1 fully saturated rings. The number of quaternary nitrogens is 1. The minimum absolute atomic E-state index is 0.0557. The number of hydrogen-bond acceptors (Lipinski definition) is 4. The number of fused-ring (bicyclic) bond motifs is 1. The fraction of sp³-hybridized carbons (Fsp3) is 0.333. The number of pyridine rings is 1. The molecule has 1 aliphatic rings. The third-order valence-electron chi connectivity index (χ3n) is 6.54. The van der Waals surface area contributed by atoms with Crippen LogP contribution in [0.1, 0.15) is 47.0 Å². The zero-order valence-corrected chi connectivity index (χ0v) is 17.9. The second-order valence-corrected chi connectivity index (χ2v) is 8.50. The molecule has 0 amide bonds. The minimum Gasteiger partial charge on any atom is -0.322 e. The summed E-state index contributed by atoms with van der Waals surface area (Å²) in [6.07, 6.45) is 2.30. The molecule has 1 saturated heterocycles. The molecule has 7 heteroatoms. The van der Waals surface area contributed by atoms with E-state index < -0.39 is 0 Å². The molecule has 3 heterocycles. The molecule has 0 spiro atoms. The van der Waals surface area contributed by atoms with Gasteiger partial charge >= 0.3 is 0 Å². The molecule has 1 atom stereocenters. The van der Waals surface area contributed by atoms with Crippen LogP contribution in [-0.2, 0) is 6.54 Å². The van der Waals surface area contributed by atoms with Gasteiger partial charge in [0, 0.05) is 12.8 Å². The SMILES string of the molecule is Cc1ccc2cc([C@@H](c3nnnn3Cc3ccccc3)[NH+]3CCCC3)c(=O)[nH]c2c1C. The average molecular weight is 416 g/mol.